The number of piperazine rings is 1. The van der Waals surface area contributed by atoms with Crippen LogP contribution >= 0.6 is 11.3 Å². The molecular weight excluding hydrogens is 534 g/mol. The molecule has 0 saturated carbocycles. The lowest BCUT2D eigenvalue weighted by Crippen LogP contribution is -2.49. The van der Waals surface area contributed by atoms with E-state index < -0.39 is 11.7 Å². The van der Waals surface area contributed by atoms with E-state index in [1.807, 2.05) is 4.90 Å². The number of carbonyl (C=O) groups is 2. The molecular formula is C27H27F4N5O2S. The number of carbonyl (C=O) groups excluding carboxylic acids is 2. The predicted molar refractivity (Wildman–Crippen MR) is 141 cm³/mol. The number of halogens is 4. The summed E-state index contributed by atoms with van der Waals surface area (Å²) in [6.07, 6.45) is -2.97. The van der Waals surface area contributed by atoms with Crippen LogP contribution in [0.15, 0.2) is 53.9 Å². The third kappa shape index (κ3) is 6.32. The number of aromatic nitrogens is 1. The lowest BCUT2D eigenvalue weighted by Gasteiger charge is -2.36. The summed E-state index contributed by atoms with van der Waals surface area (Å²) in [5, 5.41) is 5.39. The monoisotopic (exact) mass is 561 g/mol. The van der Waals surface area contributed by atoms with Gasteiger partial charge < -0.3 is 20.0 Å². The third-order valence-corrected chi connectivity index (χ3v) is 8.08. The van der Waals surface area contributed by atoms with Gasteiger partial charge in [0, 0.05) is 61.9 Å². The Morgan fingerprint density at radius 3 is 2.28 bits per heavy atom. The molecule has 7 nitrogen and oxygen atoms in total. The fraction of sp³-hybridized carbons (Fsp3) is 0.370. The van der Waals surface area contributed by atoms with E-state index in [2.05, 4.69) is 10.3 Å². The van der Waals surface area contributed by atoms with Crippen LogP contribution in [0.1, 0.15) is 39.8 Å². The largest absolute Gasteiger partial charge is 0.416 e. The Kier molecular flexibility index (Phi) is 7.74. The number of hydrogen-bond donors (Lipinski definition) is 1. The van der Waals surface area contributed by atoms with E-state index in [9.17, 15) is 27.2 Å². The van der Waals surface area contributed by atoms with E-state index in [4.69, 9.17) is 0 Å². The molecule has 3 amide bonds. The maximum atomic E-state index is 13.1. The minimum atomic E-state index is -4.40. The van der Waals surface area contributed by atoms with Crippen molar-refractivity contribution in [2.45, 2.75) is 24.9 Å². The summed E-state index contributed by atoms with van der Waals surface area (Å²) >= 11 is 1.43. The van der Waals surface area contributed by atoms with E-state index in [1.54, 1.807) is 21.2 Å². The molecule has 2 aromatic carbocycles. The highest BCUT2D eigenvalue weighted by molar-refractivity contribution is 7.09. The molecule has 0 radical (unpaired) electrons. The number of alkyl halides is 3. The molecule has 2 saturated heterocycles. The second-order valence-corrected chi connectivity index (χ2v) is 10.5. The van der Waals surface area contributed by atoms with Crippen LogP contribution in [-0.2, 0) is 6.18 Å². The fourth-order valence-electron chi connectivity index (χ4n) is 4.85. The number of piperidine rings is 1. The molecule has 39 heavy (non-hydrogen) atoms. The van der Waals surface area contributed by atoms with Crippen molar-refractivity contribution in [2.75, 3.05) is 49.5 Å². The Labute approximate surface area is 227 Å². The number of likely N-dealkylation sites (tertiary alicyclic amines) is 1. The van der Waals surface area contributed by atoms with Gasteiger partial charge in [-0.3, -0.25) is 4.79 Å². The van der Waals surface area contributed by atoms with Gasteiger partial charge in [-0.2, -0.15) is 13.2 Å². The first-order chi connectivity index (χ1) is 18.7. The van der Waals surface area contributed by atoms with E-state index in [1.165, 1.54) is 41.7 Å². The van der Waals surface area contributed by atoms with Gasteiger partial charge in [-0.1, -0.05) is 6.07 Å². The third-order valence-electron chi connectivity index (χ3n) is 7.07. The zero-order valence-corrected chi connectivity index (χ0v) is 21.8. The van der Waals surface area contributed by atoms with Gasteiger partial charge in [0.25, 0.3) is 5.91 Å². The number of rotatable bonds is 4. The summed E-state index contributed by atoms with van der Waals surface area (Å²) in [6, 6.07) is 10.6. The van der Waals surface area contributed by atoms with E-state index in [0.717, 1.165) is 17.1 Å². The van der Waals surface area contributed by atoms with E-state index in [0.29, 0.717) is 69.2 Å². The lowest BCUT2D eigenvalue weighted by molar-refractivity contribution is -0.137. The SMILES string of the molecule is O=C(Nc1ccc(F)cc1)N1CCC(c2nc(C(=O)N3CCN(c4cccc(C(F)(F)F)c4)CC3)cs2)CC1. The molecule has 206 valence electrons. The molecule has 2 aliphatic rings. The molecule has 12 heteroatoms. The summed E-state index contributed by atoms with van der Waals surface area (Å²) < 4.78 is 52.3. The minimum absolute atomic E-state index is 0.143. The zero-order chi connectivity index (χ0) is 27.6. The predicted octanol–water partition coefficient (Wildman–Crippen LogP) is 5.67. The molecule has 2 fully saturated rings. The number of nitrogens with zero attached hydrogens (tertiary/aromatic N) is 4. The van der Waals surface area contributed by atoms with Gasteiger partial charge in [0.2, 0.25) is 0 Å². The second kappa shape index (κ2) is 11.2. The van der Waals surface area contributed by atoms with Gasteiger partial charge in [0.05, 0.1) is 10.6 Å². The molecule has 1 N–H and O–H groups in total. The normalized spacial score (nSPS) is 16.9. The fourth-order valence-corrected chi connectivity index (χ4v) is 5.81. The second-order valence-electron chi connectivity index (χ2n) is 9.60. The average molecular weight is 562 g/mol. The maximum Gasteiger partial charge on any atom is 0.416 e. The van der Waals surface area contributed by atoms with Gasteiger partial charge in [-0.25, -0.2) is 14.2 Å². The van der Waals surface area contributed by atoms with Crippen molar-refractivity contribution in [2.24, 2.45) is 0 Å². The van der Waals surface area contributed by atoms with Gasteiger partial charge in [0.15, 0.2) is 0 Å². The summed E-state index contributed by atoms with van der Waals surface area (Å²) in [7, 11) is 0. The van der Waals surface area contributed by atoms with Crippen LogP contribution in [0.5, 0.6) is 0 Å². The van der Waals surface area contributed by atoms with Crippen molar-refractivity contribution in [3.8, 4) is 0 Å². The highest BCUT2D eigenvalue weighted by atomic mass is 32.1. The molecule has 2 aliphatic heterocycles. The first kappa shape index (κ1) is 26.9. The first-order valence-corrected chi connectivity index (χ1v) is 13.5. The highest BCUT2D eigenvalue weighted by Gasteiger charge is 2.32. The van der Waals surface area contributed by atoms with Crippen molar-refractivity contribution in [3.05, 3.63) is 76.0 Å². The smallest absolute Gasteiger partial charge is 0.368 e. The summed E-state index contributed by atoms with van der Waals surface area (Å²) in [4.78, 5) is 35.5. The lowest BCUT2D eigenvalue weighted by atomic mass is 9.98. The highest BCUT2D eigenvalue weighted by Crippen LogP contribution is 2.33. The van der Waals surface area contributed by atoms with Crippen LogP contribution in [0.25, 0.3) is 0 Å². The van der Waals surface area contributed by atoms with Crippen LogP contribution < -0.4 is 10.2 Å². The number of anilines is 2. The Morgan fingerprint density at radius 1 is 0.923 bits per heavy atom. The van der Waals surface area contributed by atoms with Gasteiger partial charge >= 0.3 is 12.2 Å². The number of benzene rings is 2. The maximum absolute atomic E-state index is 13.1. The number of thiazole rings is 1. The zero-order valence-electron chi connectivity index (χ0n) is 21.0. The molecule has 0 aliphatic carbocycles. The minimum Gasteiger partial charge on any atom is -0.368 e. The van der Waals surface area contributed by atoms with Crippen molar-refractivity contribution in [1.29, 1.82) is 0 Å². The molecule has 0 unspecified atom stereocenters. The summed E-state index contributed by atoms with van der Waals surface area (Å²) in [5.41, 5.74) is 0.708. The Hall–Kier alpha value is -3.67. The Bertz CT molecular complexity index is 1310. The average Bonchev–Trinajstić information content (AvgIpc) is 3.44. The van der Waals surface area contributed by atoms with Crippen molar-refractivity contribution in [3.63, 3.8) is 0 Å². The van der Waals surface area contributed by atoms with Crippen molar-refractivity contribution >= 4 is 34.6 Å². The first-order valence-electron chi connectivity index (χ1n) is 12.7. The molecule has 3 heterocycles. The standard InChI is InChI=1S/C27H27F4N5O2S/c28-20-4-6-21(7-5-20)32-26(38)36-10-8-18(9-11-36)24-33-23(17-39-24)25(37)35-14-12-34(13-15-35)22-3-1-2-19(16-22)27(29,30)31/h1-7,16-18H,8-15H2,(H,32,38). The van der Waals surface area contributed by atoms with Crippen LogP contribution in [0.4, 0.5) is 33.7 Å². The number of hydrogen-bond acceptors (Lipinski definition) is 5. The molecule has 3 aromatic rings. The van der Waals surface area contributed by atoms with Gasteiger partial charge in [-0.15, -0.1) is 11.3 Å². The molecule has 0 spiro atoms. The van der Waals surface area contributed by atoms with Gasteiger partial charge in [0.1, 0.15) is 11.5 Å². The Balaban J connectivity index is 1.12. The molecule has 1 aromatic heterocycles. The molecule has 0 bridgehead atoms. The number of nitrogens with one attached hydrogen (secondary N) is 1. The number of urea groups is 1. The van der Waals surface area contributed by atoms with Crippen molar-refractivity contribution in [1.82, 2.24) is 14.8 Å². The van der Waals surface area contributed by atoms with Gasteiger partial charge in [-0.05, 0) is 55.3 Å². The summed E-state index contributed by atoms with van der Waals surface area (Å²) in [6.45, 7) is 2.73. The molecule has 5 rings (SSSR count). The topological polar surface area (TPSA) is 68.8 Å². The van der Waals surface area contributed by atoms with Crippen molar-refractivity contribution < 1.29 is 27.2 Å². The van der Waals surface area contributed by atoms with Crippen LogP contribution in [-0.4, -0.2) is 66.0 Å². The molecule has 0 atom stereocenters. The van der Waals surface area contributed by atoms with Crippen LogP contribution in [0.3, 0.4) is 0 Å². The van der Waals surface area contributed by atoms with Crippen LogP contribution in [0.2, 0.25) is 0 Å². The summed E-state index contributed by atoms with van der Waals surface area (Å²) in [5.74, 6) is -0.408. The van der Waals surface area contributed by atoms with E-state index >= 15 is 0 Å². The van der Waals surface area contributed by atoms with E-state index in [-0.39, 0.29) is 23.7 Å². The number of amides is 3. The quantitative estimate of drug-likeness (QED) is 0.417. The van der Waals surface area contributed by atoms with Crippen LogP contribution in [0, 0.1) is 5.82 Å². The Morgan fingerprint density at radius 2 is 1.62 bits per heavy atom.